The minimum Gasteiger partial charge on any atom is -0.397 e. The molecule has 0 bridgehead atoms. The largest absolute Gasteiger partial charge is 0.397 e. The first-order chi connectivity index (χ1) is 7.65. The van der Waals surface area contributed by atoms with Crippen molar-refractivity contribution in [3.05, 3.63) is 46.6 Å². The molecule has 1 aromatic carbocycles. The Morgan fingerprint density at radius 2 is 1.88 bits per heavy atom. The van der Waals surface area contributed by atoms with Crippen molar-refractivity contribution >= 4 is 40.7 Å². The topological polar surface area (TPSA) is 38.9 Å². The highest BCUT2D eigenvalue weighted by Gasteiger charge is 2.02. The van der Waals surface area contributed by atoms with E-state index in [1.807, 2.05) is 24.3 Å². The van der Waals surface area contributed by atoms with Crippen LogP contribution in [0.3, 0.4) is 0 Å². The first kappa shape index (κ1) is 11.6. The van der Waals surface area contributed by atoms with Gasteiger partial charge >= 0.3 is 0 Å². The molecular formula is C11H8Cl2N2S. The van der Waals surface area contributed by atoms with Gasteiger partial charge in [0.05, 0.1) is 21.9 Å². The fourth-order valence-electron chi connectivity index (χ4n) is 1.11. The van der Waals surface area contributed by atoms with E-state index in [4.69, 9.17) is 28.9 Å². The van der Waals surface area contributed by atoms with E-state index in [1.165, 1.54) is 11.8 Å². The first-order valence-electron chi connectivity index (χ1n) is 4.49. The molecule has 1 heterocycles. The third-order valence-corrected chi connectivity index (χ3v) is 3.55. The van der Waals surface area contributed by atoms with E-state index >= 15 is 0 Å². The summed E-state index contributed by atoms with van der Waals surface area (Å²) in [6, 6.07) is 9.16. The van der Waals surface area contributed by atoms with E-state index in [0.717, 1.165) is 9.92 Å². The van der Waals surface area contributed by atoms with Crippen molar-refractivity contribution in [2.45, 2.75) is 9.92 Å². The Kier molecular flexibility index (Phi) is 3.59. The van der Waals surface area contributed by atoms with Crippen LogP contribution in [0.2, 0.25) is 10.0 Å². The van der Waals surface area contributed by atoms with E-state index in [9.17, 15) is 0 Å². The summed E-state index contributed by atoms with van der Waals surface area (Å²) in [7, 11) is 0. The molecule has 0 amide bonds. The third kappa shape index (κ3) is 2.82. The lowest BCUT2D eigenvalue weighted by Gasteiger charge is -2.02. The Hall–Kier alpha value is -0.900. The summed E-state index contributed by atoms with van der Waals surface area (Å²) >= 11 is 13.3. The molecule has 0 saturated heterocycles. The highest BCUT2D eigenvalue weighted by Crippen LogP contribution is 2.31. The van der Waals surface area contributed by atoms with Crippen LogP contribution < -0.4 is 5.73 Å². The fraction of sp³-hybridized carbons (Fsp3) is 0. The maximum atomic E-state index is 5.92. The summed E-state index contributed by atoms with van der Waals surface area (Å²) < 4.78 is 0. The van der Waals surface area contributed by atoms with Gasteiger partial charge in [-0.2, -0.15) is 0 Å². The Morgan fingerprint density at radius 1 is 1.06 bits per heavy atom. The van der Waals surface area contributed by atoms with Crippen LogP contribution in [-0.2, 0) is 0 Å². The molecule has 0 aliphatic heterocycles. The van der Waals surface area contributed by atoms with Crippen LogP contribution in [0.5, 0.6) is 0 Å². The van der Waals surface area contributed by atoms with Gasteiger partial charge in [-0.3, -0.25) is 0 Å². The zero-order valence-electron chi connectivity index (χ0n) is 8.15. The van der Waals surface area contributed by atoms with E-state index in [1.54, 1.807) is 12.3 Å². The van der Waals surface area contributed by atoms with Crippen molar-refractivity contribution in [2.24, 2.45) is 0 Å². The molecule has 1 aromatic heterocycles. The second-order valence-electron chi connectivity index (χ2n) is 3.11. The van der Waals surface area contributed by atoms with Crippen molar-refractivity contribution < 1.29 is 0 Å². The molecule has 0 unspecified atom stereocenters. The summed E-state index contributed by atoms with van der Waals surface area (Å²) in [4.78, 5) is 5.18. The standard InChI is InChI=1S/C11H8Cl2N2S/c12-9-3-2-8(5-10(9)13)16-11-4-1-7(14)6-15-11/h1-6H,14H2. The zero-order chi connectivity index (χ0) is 11.5. The van der Waals surface area contributed by atoms with Gasteiger partial charge in [0.15, 0.2) is 0 Å². The summed E-state index contributed by atoms with van der Waals surface area (Å²) in [5, 5.41) is 1.96. The monoisotopic (exact) mass is 270 g/mol. The fourth-order valence-corrected chi connectivity index (χ4v) is 2.27. The highest BCUT2D eigenvalue weighted by atomic mass is 35.5. The SMILES string of the molecule is Nc1ccc(Sc2ccc(Cl)c(Cl)c2)nc1. The molecule has 0 spiro atoms. The van der Waals surface area contributed by atoms with Gasteiger partial charge in [-0.25, -0.2) is 4.98 Å². The number of nitrogens with two attached hydrogens (primary N) is 1. The number of nitrogen functional groups attached to an aromatic ring is 1. The number of aromatic nitrogens is 1. The van der Waals surface area contributed by atoms with E-state index in [-0.39, 0.29) is 0 Å². The normalized spacial score (nSPS) is 10.4. The molecule has 0 atom stereocenters. The third-order valence-electron chi connectivity index (χ3n) is 1.87. The predicted octanol–water partition coefficient (Wildman–Crippen LogP) is 4.12. The van der Waals surface area contributed by atoms with Crippen molar-refractivity contribution in [1.29, 1.82) is 0 Å². The number of rotatable bonds is 2. The molecule has 0 fully saturated rings. The quantitative estimate of drug-likeness (QED) is 0.892. The molecule has 5 heteroatoms. The highest BCUT2D eigenvalue weighted by molar-refractivity contribution is 7.99. The second kappa shape index (κ2) is 4.95. The Bertz CT molecular complexity index is 500. The number of nitrogens with zero attached hydrogens (tertiary/aromatic N) is 1. The Morgan fingerprint density at radius 3 is 2.50 bits per heavy atom. The minimum atomic E-state index is 0.544. The molecule has 0 aliphatic rings. The summed E-state index contributed by atoms with van der Waals surface area (Å²) in [5.41, 5.74) is 6.21. The van der Waals surface area contributed by atoms with Crippen LogP contribution in [0.1, 0.15) is 0 Å². The van der Waals surface area contributed by atoms with Gasteiger partial charge in [0.1, 0.15) is 5.03 Å². The van der Waals surface area contributed by atoms with Gasteiger partial charge in [0, 0.05) is 4.90 Å². The molecular weight excluding hydrogens is 263 g/mol. The molecule has 2 N–H and O–H groups in total. The van der Waals surface area contributed by atoms with E-state index < -0.39 is 0 Å². The van der Waals surface area contributed by atoms with Crippen molar-refractivity contribution in [1.82, 2.24) is 4.98 Å². The molecule has 2 nitrogen and oxygen atoms in total. The lowest BCUT2D eigenvalue weighted by Crippen LogP contribution is -1.86. The predicted molar refractivity (Wildman–Crippen MR) is 69.2 cm³/mol. The number of halogens is 2. The van der Waals surface area contributed by atoms with Gasteiger partial charge in [0.2, 0.25) is 0 Å². The molecule has 0 radical (unpaired) electrons. The van der Waals surface area contributed by atoms with Crippen LogP contribution in [0.25, 0.3) is 0 Å². The molecule has 16 heavy (non-hydrogen) atoms. The summed E-state index contributed by atoms with van der Waals surface area (Å²) in [5.74, 6) is 0. The van der Waals surface area contributed by atoms with Crippen LogP contribution in [-0.4, -0.2) is 4.98 Å². The van der Waals surface area contributed by atoms with Crippen LogP contribution in [0, 0.1) is 0 Å². The van der Waals surface area contributed by atoms with Crippen LogP contribution >= 0.6 is 35.0 Å². The number of anilines is 1. The van der Waals surface area contributed by atoms with Crippen molar-refractivity contribution in [3.8, 4) is 0 Å². The molecule has 0 saturated carbocycles. The Balaban J connectivity index is 2.20. The van der Waals surface area contributed by atoms with E-state index in [0.29, 0.717) is 15.7 Å². The average molecular weight is 271 g/mol. The molecule has 2 rings (SSSR count). The lowest BCUT2D eigenvalue weighted by atomic mass is 10.4. The van der Waals surface area contributed by atoms with Crippen LogP contribution in [0.15, 0.2) is 46.5 Å². The summed E-state index contributed by atoms with van der Waals surface area (Å²) in [6.07, 6.45) is 1.62. The number of hydrogen-bond donors (Lipinski definition) is 1. The van der Waals surface area contributed by atoms with Crippen LogP contribution in [0.4, 0.5) is 5.69 Å². The smallest absolute Gasteiger partial charge is 0.101 e. The zero-order valence-corrected chi connectivity index (χ0v) is 10.5. The number of pyridine rings is 1. The van der Waals surface area contributed by atoms with E-state index in [2.05, 4.69) is 4.98 Å². The Labute approximate surface area is 108 Å². The number of hydrogen-bond acceptors (Lipinski definition) is 3. The molecule has 2 aromatic rings. The molecule has 0 aliphatic carbocycles. The maximum absolute atomic E-state index is 5.92. The second-order valence-corrected chi connectivity index (χ2v) is 5.02. The number of benzene rings is 1. The van der Waals surface area contributed by atoms with Gasteiger partial charge < -0.3 is 5.73 Å². The molecule has 82 valence electrons. The van der Waals surface area contributed by atoms with Gasteiger partial charge in [-0.1, -0.05) is 35.0 Å². The minimum absolute atomic E-state index is 0.544. The maximum Gasteiger partial charge on any atom is 0.101 e. The lowest BCUT2D eigenvalue weighted by molar-refractivity contribution is 1.14. The van der Waals surface area contributed by atoms with Gasteiger partial charge in [0.25, 0.3) is 0 Å². The van der Waals surface area contributed by atoms with Crippen molar-refractivity contribution in [3.63, 3.8) is 0 Å². The average Bonchev–Trinajstić information content (AvgIpc) is 2.27. The first-order valence-corrected chi connectivity index (χ1v) is 6.07. The van der Waals surface area contributed by atoms with Gasteiger partial charge in [-0.15, -0.1) is 0 Å². The van der Waals surface area contributed by atoms with Crippen molar-refractivity contribution in [2.75, 3.05) is 5.73 Å². The summed E-state index contributed by atoms with van der Waals surface area (Å²) in [6.45, 7) is 0. The van der Waals surface area contributed by atoms with Gasteiger partial charge in [-0.05, 0) is 30.3 Å².